The molecule has 0 aromatic heterocycles. The summed E-state index contributed by atoms with van der Waals surface area (Å²) in [6.45, 7) is 30.5. The molecule has 0 heterocycles. The average Bonchev–Trinajstić information content (AvgIpc) is 3.21. The fourth-order valence-electron chi connectivity index (χ4n) is 5.53. The Kier molecular flexibility index (Phi) is 39.0. The van der Waals surface area contributed by atoms with E-state index in [1.54, 1.807) is 0 Å². The van der Waals surface area contributed by atoms with Gasteiger partial charge >= 0.3 is 23.9 Å². The fourth-order valence-corrected chi connectivity index (χ4v) is 73.6. The summed E-state index contributed by atoms with van der Waals surface area (Å²) >= 11 is 0. The molecule has 0 saturated heterocycles. The highest BCUT2D eigenvalue weighted by Gasteiger charge is 2.74. The minimum atomic E-state index is -3.16. The van der Waals surface area contributed by atoms with Crippen molar-refractivity contribution in [3.05, 3.63) is 0 Å². The van der Waals surface area contributed by atoms with Gasteiger partial charge in [-0.3, -0.25) is 0 Å². The molecular formula is C35H79O9S12Si3+3. The zero-order valence-corrected chi connectivity index (χ0v) is 50.8. The summed E-state index contributed by atoms with van der Waals surface area (Å²) < 4.78 is 60.2. The van der Waals surface area contributed by atoms with Crippen LogP contribution >= 0.6 is 94.2 Å². The first kappa shape index (κ1) is 61.5. The molecule has 1 saturated carbocycles. The lowest BCUT2D eigenvalue weighted by atomic mass is 9.86. The number of hydrogen-bond acceptors (Lipinski definition) is 18. The minimum absolute atomic E-state index is 0.186. The Labute approximate surface area is 405 Å². The molecule has 0 aliphatic heterocycles. The number of rotatable bonds is 41. The third-order valence-electron chi connectivity index (χ3n) is 7.73. The van der Waals surface area contributed by atoms with Crippen molar-refractivity contribution in [2.24, 2.45) is 5.92 Å². The van der Waals surface area contributed by atoms with Crippen LogP contribution in [-0.2, 0) is 65.1 Å². The summed E-state index contributed by atoms with van der Waals surface area (Å²) in [5.41, 5.74) is 0. The van der Waals surface area contributed by atoms with Crippen molar-refractivity contribution in [1.82, 2.24) is 0 Å². The highest BCUT2D eigenvalue weighted by molar-refractivity contribution is 9.32. The summed E-state index contributed by atoms with van der Waals surface area (Å²) in [4.78, 5) is 0. The first-order chi connectivity index (χ1) is 28.6. The van der Waals surface area contributed by atoms with Gasteiger partial charge in [0, 0.05) is 82.5 Å². The fraction of sp³-hybridized carbons (Fsp3) is 1.00. The van der Waals surface area contributed by atoms with E-state index < -0.39 is 40.7 Å². The van der Waals surface area contributed by atoms with E-state index >= 15 is 0 Å². The van der Waals surface area contributed by atoms with E-state index in [4.69, 9.17) is 39.8 Å². The first-order valence-electron chi connectivity index (χ1n) is 21.6. The smallest absolute Gasteiger partial charge is 0.331 e. The molecule has 354 valence electrons. The summed E-state index contributed by atoms with van der Waals surface area (Å²) in [6, 6.07) is 0. The summed E-state index contributed by atoms with van der Waals surface area (Å²) in [5.74, 6) is 4.62. The van der Waals surface area contributed by atoms with Crippen LogP contribution in [0.1, 0.15) is 134 Å². The maximum Gasteiger partial charge on any atom is 0.808 e. The van der Waals surface area contributed by atoms with E-state index in [1.807, 2.05) is 72.7 Å². The SMILES string of the molecule is CCCSS[S+](SCCC1CCCCC1(S[S+](SSCCC)[Si](OCC)(OCC)OCC)S[S+](SSCCC)[Si](OCC)(OCC)OCC)[Si](OCC)(OCC)OCC. The van der Waals surface area contributed by atoms with Crippen LogP contribution in [0, 0.1) is 5.92 Å². The highest BCUT2D eigenvalue weighted by Crippen LogP contribution is 2.65. The molecule has 24 heteroatoms. The van der Waals surface area contributed by atoms with Crippen molar-refractivity contribution in [3.63, 3.8) is 0 Å². The van der Waals surface area contributed by atoms with Crippen LogP contribution in [0.15, 0.2) is 0 Å². The molecule has 9 nitrogen and oxygen atoms in total. The summed E-state index contributed by atoms with van der Waals surface area (Å²) in [7, 11) is 7.50. The summed E-state index contributed by atoms with van der Waals surface area (Å²) in [6.07, 6.45) is 9.03. The highest BCUT2D eigenvalue weighted by atomic mass is 33.8. The van der Waals surface area contributed by atoms with Crippen LogP contribution in [0.2, 0.25) is 0 Å². The van der Waals surface area contributed by atoms with Gasteiger partial charge < -0.3 is 39.8 Å². The lowest BCUT2D eigenvalue weighted by Gasteiger charge is -2.40. The zero-order valence-electron chi connectivity index (χ0n) is 38.0. The van der Waals surface area contributed by atoms with Crippen molar-refractivity contribution >= 4 is 143 Å². The molecule has 1 aliphatic carbocycles. The monoisotopic (exact) mass is 1110 g/mol. The largest absolute Gasteiger partial charge is 0.808 e. The van der Waals surface area contributed by atoms with E-state index in [1.165, 1.54) is 12.8 Å². The molecular weight excluding hydrogens is 1030 g/mol. The van der Waals surface area contributed by atoms with E-state index in [2.05, 4.69) is 105 Å². The second-order valence-corrected chi connectivity index (χ2v) is 54.5. The second-order valence-electron chi connectivity index (χ2n) is 12.3. The van der Waals surface area contributed by atoms with Gasteiger partial charge in [-0.05, 0) is 139 Å². The summed E-state index contributed by atoms with van der Waals surface area (Å²) in [5, 5.41) is 0. The maximum absolute atomic E-state index is 6.78. The average molecular weight is 1110 g/mol. The standard InChI is InChI=1S/C35H79O9S12Si3/c1-13-30-45-51-54(57(36-16-4,37-17-5)38-18-6)48-33-28-34-27-25-26-29-35(34,49-55(52-46-31-14-2)58(39-19-7,40-20-8)41-21-9)50-56(53-47-32-15-3)59(42-22-10,43-23-11)44-24-12/h34H,13-33H2,1-12H3/q+3. The molecule has 4 atom stereocenters. The van der Waals surface area contributed by atoms with E-state index in [-0.39, 0.29) is 12.5 Å². The van der Waals surface area contributed by atoms with Crippen LogP contribution in [0.4, 0.5) is 0 Å². The molecule has 0 bridgehead atoms. The van der Waals surface area contributed by atoms with Gasteiger partial charge in [0.2, 0.25) is 0 Å². The third kappa shape index (κ3) is 21.3. The van der Waals surface area contributed by atoms with Crippen LogP contribution in [0.25, 0.3) is 0 Å². The van der Waals surface area contributed by atoms with Crippen LogP contribution in [0.5, 0.6) is 0 Å². The Morgan fingerprint density at radius 2 is 0.763 bits per heavy atom. The zero-order chi connectivity index (χ0) is 43.9. The van der Waals surface area contributed by atoms with Crippen molar-refractivity contribution in [2.45, 2.75) is 139 Å². The van der Waals surface area contributed by atoms with E-state index in [0.717, 1.165) is 61.5 Å². The third-order valence-corrected chi connectivity index (χ3v) is 66.6. The van der Waals surface area contributed by atoms with Crippen LogP contribution < -0.4 is 0 Å². The van der Waals surface area contributed by atoms with Crippen molar-refractivity contribution in [1.29, 1.82) is 0 Å². The normalized spacial score (nSPS) is 19.6. The molecule has 0 spiro atoms. The van der Waals surface area contributed by atoms with E-state index in [0.29, 0.717) is 65.4 Å². The second kappa shape index (κ2) is 37.4. The molecule has 59 heavy (non-hydrogen) atoms. The van der Waals surface area contributed by atoms with Gasteiger partial charge in [-0.1, -0.05) is 33.6 Å². The number of hydrogen-bond donors (Lipinski definition) is 0. The molecule has 1 aliphatic rings. The molecule has 1 fully saturated rings. The Balaban J connectivity index is 4.04. The van der Waals surface area contributed by atoms with Gasteiger partial charge in [-0.15, -0.1) is 0 Å². The van der Waals surface area contributed by atoms with Crippen LogP contribution in [0.3, 0.4) is 0 Å². The molecule has 0 aromatic rings. The Morgan fingerprint density at radius 1 is 0.441 bits per heavy atom. The van der Waals surface area contributed by atoms with Crippen molar-refractivity contribution in [3.8, 4) is 0 Å². The van der Waals surface area contributed by atoms with Gasteiger partial charge in [0.05, 0.1) is 10.8 Å². The lowest BCUT2D eigenvalue weighted by Crippen LogP contribution is -2.54. The predicted molar refractivity (Wildman–Crippen MR) is 292 cm³/mol. The maximum atomic E-state index is 6.78. The first-order valence-corrected chi connectivity index (χ1v) is 45.3. The van der Waals surface area contributed by atoms with Gasteiger partial charge in [-0.2, -0.15) is 0 Å². The minimum Gasteiger partial charge on any atom is -0.331 e. The lowest BCUT2D eigenvalue weighted by molar-refractivity contribution is 0.0958. The quantitative estimate of drug-likeness (QED) is 0.0191. The molecule has 0 aromatic carbocycles. The van der Waals surface area contributed by atoms with E-state index in [9.17, 15) is 0 Å². The molecule has 1 rings (SSSR count). The molecule has 4 unspecified atom stereocenters. The van der Waals surface area contributed by atoms with Crippen LogP contribution in [-0.4, -0.2) is 110 Å². The molecule has 0 radical (unpaired) electrons. The van der Waals surface area contributed by atoms with Gasteiger partial charge in [-0.25, -0.2) is 0 Å². The van der Waals surface area contributed by atoms with Gasteiger partial charge in [0.1, 0.15) is 21.6 Å². The Hall–Kier alpha value is 4.49. The van der Waals surface area contributed by atoms with Crippen molar-refractivity contribution in [2.75, 3.05) is 82.5 Å². The Bertz CT molecular complexity index is 925. The van der Waals surface area contributed by atoms with Gasteiger partial charge in [0.25, 0.3) is 0 Å². The van der Waals surface area contributed by atoms with Gasteiger partial charge in [0.15, 0.2) is 58.8 Å². The predicted octanol–water partition coefficient (Wildman–Crippen LogP) is 13.8. The van der Waals surface area contributed by atoms with Crippen molar-refractivity contribution < 1.29 is 39.8 Å². The topological polar surface area (TPSA) is 83.1 Å². The molecule has 0 amide bonds. The molecule has 0 N–H and O–H groups in total. The Morgan fingerprint density at radius 3 is 1.08 bits per heavy atom.